The van der Waals surface area contributed by atoms with Crippen molar-refractivity contribution in [3.8, 4) is 0 Å². The number of amides is 1. The fraction of sp³-hybridized carbons (Fsp3) is 0.316. The summed E-state index contributed by atoms with van der Waals surface area (Å²) in [6, 6.07) is 8.94. The summed E-state index contributed by atoms with van der Waals surface area (Å²) in [5.41, 5.74) is 3.49. The first kappa shape index (κ1) is 19.5. The van der Waals surface area contributed by atoms with E-state index in [0.29, 0.717) is 28.1 Å². The summed E-state index contributed by atoms with van der Waals surface area (Å²) in [4.78, 5) is 12.6. The number of benzene rings is 1. The number of carbonyl (C=O) groups excluding carboxylic acids is 1. The smallest absolute Gasteiger partial charge is 0.250 e. The fourth-order valence-electron chi connectivity index (χ4n) is 2.86. The summed E-state index contributed by atoms with van der Waals surface area (Å²) in [5.74, 6) is 0.305. The summed E-state index contributed by atoms with van der Waals surface area (Å²) in [6.45, 7) is 7.99. The summed E-state index contributed by atoms with van der Waals surface area (Å²) >= 11 is 12.1. The first-order valence-electron chi connectivity index (χ1n) is 8.57. The highest BCUT2D eigenvalue weighted by Crippen LogP contribution is 2.23. The highest BCUT2D eigenvalue weighted by atomic mass is 35.5. The van der Waals surface area contributed by atoms with Crippen LogP contribution < -0.4 is 5.32 Å². The van der Waals surface area contributed by atoms with Crippen molar-refractivity contribution in [2.24, 2.45) is 0 Å². The molecule has 2 aromatic heterocycles. The Balaban J connectivity index is 1.73. The number of aryl methyl sites for hydroxylation is 2. The second-order valence-corrected chi connectivity index (χ2v) is 7.36. The molecule has 142 valence electrons. The molecule has 1 N–H and O–H groups in total. The molecule has 1 aromatic carbocycles. The Hall–Kier alpha value is -2.31. The third kappa shape index (κ3) is 4.17. The largest absolute Gasteiger partial charge is 0.307 e. The zero-order chi connectivity index (χ0) is 19.7. The first-order chi connectivity index (χ1) is 12.8. The minimum Gasteiger partial charge on any atom is -0.307 e. The minimum atomic E-state index is -0.502. The van der Waals surface area contributed by atoms with Gasteiger partial charge in [0.15, 0.2) is 5.82 Å². The standard InChI is InChI=1S/C19H21Cl2N5O/c1-11-9-17(24-25(11)10-15-5-7-16(20)8-6-15)22-19(27)14(4)26-13(3)18(21)12(2)23-26/h5-9,14H,10H2,1-4H3,(H,22,24,27). The van der Waals surface area contributed by atoms with Crippen LogP contribution in [0.25, 0.3) is 0 Å². The lowest BCUT2D eigenvalue weighted by Crippen LogP contribution is -2.25. The van der Waals surface area contributed by atoms with Crippen LogP contribution in [0.2, 0.25) is 10.0 Å². The number of hydrogen-bond donors (Lipinski definition) is 1. The molecular weight excluding hydrogens is 385 g/mol. The van der Waals surface area contributed by atoms with Gasteiger partial charge in [0.1, 0.15) is 6.04 Å². The highest BCUT2D eigenvalue weighted by Gasteiger charge is 2.21. The molecule has 0 radical (unpaired) electrons. The molecule has 0 aliphatic rings. The molecule has 0 fully saturated rings. The third-order valence-corrected chi connectivity index (χ3v) is 5.26. The van der Waals surface area contributed by atoms with Gasteiger partial charge in [-0.1, -0.05) is 35.3 Å². The van der Waals surface area contributed by atoms with E-state index in [-0.39, 0.29) is 5.91 Å². The number of rotatable bonds is 5. The van der Waals surface area contributed by atoms with Gasteiger partial charge >= 0.3 is 0 Å². The van der Waals surface area contributed by atoms with E-state index in [1.165, 1.54) is 0 Å². The molecule has 8 heteroatoms. The van der Waals surface area contributed by atoms with Crippen molar-refractivity contribution in [1.82, 2.24) is 19.6 Å². The Morgan fingerprint density at radius 1 is 1.15 bits per heavy atom. The summed E-state index contributed by atoms with van der Waals surface area (Å²) in [7, 11) is 0. The van der Waals surface area contributed by atoms with E-state index in [4.69, 9.17) is 23.2 Å². The minimum absolute atomic E-state index is 0.201. The van der Waals surface area contributed by atoms with Crippen LogP contribution in [0.1, 0.15) is 35.6 Å². The molecule has 0 aliphatic carbocycles. The van der Waals surface area contributed by atoms with Gasteiger partial charge in [-0.2, -0.15) is 10.2 Å². The zero-order valence-corrected chi connectivity index (χ0v) is 17.1. The second-order valence-electron chi connectivity index (χ2n) is 6.55. The maximum atomic E-state index is 12.6. The van der Waals surface area contributed by atoms with Gasteiger partial charge in [0.25, 0.3) is 0 Å². The van der Waals surface area contributed by atoms with E-state index in [1.807, 2.05) is 55.8 Å². The maximum absolute atomic E-state index is 12.6. The summed E-state index contributed by atoms with van der Waals surface area (Å²) in [5, 5.41) is 13.0. The van der Waals surface area contributed by atoms with E-state index in [1.54, 1.807) is 11.6 Å². The quantitative estimate of drug-likeness (QED) is 0.676. The van der Waals surface area contributed by atoms with Gasteiger partial charge in [-0.15, -0.1) is 0 Å². The lowest BCUT2D eigenvalue weighted by atomic mass is 10.2. The number of nitrogens with one attached hydrogen (secondary N) is 1. The molecular formula is C19H21Cl2N5O. The van der Waals surface area contributed by atoms with Crippen molar-refractivity contribution >= 4 is 34.9 Å². The SMILES string of the molecule is Cc1nn(C(C)C(=O)Nc2cc(C)n(Cc3ccc(Cl)cc3)n2)c(C)c1Cl. The van der Waals surface area contributed by atoms with Gasteiger partial charge in [0.05, 0.1) is 23.0 Å². The molecule has 0 saturated heterocycles. The topological polar surface area (TPSA) is 64.7 Å². The molecule has 1 amide bonds. The van der Waals surface area contributed by atoms with Crippen LogP contribution in [0, 0.1) is 20.8 Å². The van der Waals surface area contributed by atoms with Gasteiger partial charge in [0.2, 0.25) is 5.91 Å². The number of nitrogens with zero attached hydrogens (tertiary/aromatic N) is 4. The third-order valence-electron chi connectivity index (χ3n) is 4.46. The van der Waals surface area contributed by atoms with E-state index in [9.17, 15) is 4.79 Å². The molecule has 2 heterocycles. The van der Waals surface area contributed by atoms with Crippen LogP contribution in [0.3, 0.4) is 0 Å². The van der Waals surface area contributed by atoms with Crippen LogP contribution in [0.4, 0.5) is 5.82 Å². The maximum Gasteiger partial charge on any atom is 0.250 e. The zero-order valence-electron chi connectivity index (χ0n) is 15.6. The van der Waals surface area contributed by atoms with Gasteiger partial charge in [-0.3, -0.25) is 14.2 Å². The average Bonchev–Trinajstić information content (AvgIpc) is 3.10. The predicted octanol–water partition coefficient (Wildman–Crippen LogP) is 4.56. The predicted molar refractivity (Wildman–Crippen MR) is 108 cm³/mol. The highest BCUT2D eigenvalue weighted by molar-refractivity contribution is 6.31. The monoisotopic (exact) mass is 405 g/mol. The molecule has 3 aromatic rings. The molecule has 1 atom stereocenters. The number of hydrogen-bond acceptors (Lipinski definition) is 3. The Morgan fingerprint density at radius 3 is 2.41 bits per heavy atom. The Labute approximate surface area is 168 Å². The van der Waals surface area contributed by atoms with Gasteiger partial charge in [-0.05, 0) is 45.4 Å². The van der Waals surface area contributed by atoms with E-state index >= 15 is 0 Å². The van der Waals surface area contributed by atoms with Crippen molar-refractivity contribution in [2.45, 2.75) is 40.3 Å². The number of aromatic nitrogens is 4. The molecule has 0 bridgehead atoms. The van der Waals surface area contributed by atoms with E-state index < -0.39 is 6.04 Å². The molecule has 27 heavy (non-hydrogen) atoms. The normalized spacial score (nSPS) is 12.2. The van der Waals surface area contributed by atoms with Crippen LogP contribution in [-0.2, 0) is 11.3 Å². The van der Waals surface area contributed by atoms with Crippen LogP contribution in [0.15, 0.2) is 30.3 Å². The molecule has 0 spiro atoms. The van der Waals surface area contributed by atoms with Crippen LogP contribution in [-0.4, -0.2) is 25.5 Å². The molecule has 3 rings (SSSR count). The Kier molecular flexibility index (Phi) is 5.58. The van der Waals surface area contributed by atoms with Crippen LogP contribution in [0.5, 0.6) is 0 Å². The molecule has 6 nitrogen and oxygen atoms in total. The molecule has 1 unspecified atom stereocenters. The van der Waals surface area contributed by atoms with Gasteiger partial charge in [0, 0.05) is 16.8 Å². The number of anilines is 1. The lowest BCUT2D eigenvalue weighted by molar-refractivity contribution is -0.119. The van der Waals surface area contributed by atoms with E-state index in [0.717, 1.165) is 17.0 Å². The van der Waals surface area contributed by atoms with Gasteiger partial charge < -0.3 is 5.32 Å². The number of carbonyl (C=O) groups is 1. The first-order valence-corrected chi connectivity index (χ1v) is 9.33. The second kappa shape index (κ2) is 7.74. The number of halogens is 2. The van der Waals surface area contributed by atoms with Crippen molar-refractivity contribution in [1.29, 1.82) is 0 Å². The van der Waals surface area contributed by atoms with Gasteiger partial charge in [-0.25, -0.2) is 0 Å². The van der Waals surface area contributed by atoms with Crippen LogP contribution >= 0.6 is 23.2 Å². The Morgan fingerprint density at radius 2 is 1.81 bits per heavy atom. The fourth-order valence-corrected chi connectivity index (χ4v) is 3.11. The van der Waals surface area contributed by atoms with Crippen molar-refractivity contribution in [3.63, 3.8) is 0 Å². The van der Waals surface area contributed by atoms with Crippen molar-refractivity contribution in [2.75, 3.05) is 5.32 Å². The lowest BCUT2D eigenvalue weighted by Gasteiger charge is -2.13. The summed E-state index contributed by atoms with van der Waals surface area (Å²) in [6.07, 6.45) is 0. The van der Waals surface area contributed by atoms with Crippen molar-refractivity contribution < 1.29 is 4.79 Å². The molecule has 0 aliphatic heterocycles. The molecule has 0 saturated carbocycles. The van der Waals surface area contributed by atoms with E-state index in [2.05, 4.69) is 15.5 Å². The summed E-state index contributed by atoms with van der Waals surface area (Å²) < 4.78 is 3.47. The average molecular weight is 406 g/mol. The Bertz CT molecular complexity index is 975. The van der Waals surface area contributed by atoms with Crippen molar-refractivity contribution in [3.05, 3.63) is 63.0 Å².